The zero-order valence-corrected chi connectivity index (χ0v) is 11.3. The van der Waals surface area contributed by atoms with E-state index in [9.17, 15) is 9.59 Å². The number of aromatic amines is 2. The number of aryl methyl sites for hydroxylation is 1. The van der Waals surface area contributed by atoms with Crippen LogP contribution >= 0.6 is 23.2 Å². The van der Waals surface area contributed by atoms with Gasteiger partial charge in [0.15, 0.2) is 0 Å². The van der Waals surface area contributed by atoms with Crippen LogP contribution in [-0.2, 0) is 0 Å². The summed E-state index contributed by atoms with van der Waals surface area (Å²) in [6, 6.07) is 4.93. The largest absolute Gasteiger partial charge is 0.326 e. The Morgan fingerprint density at radius 1 is 1.21 bits per heavy atom. The van der Waals surface area contributed by atoms with E-state index in [1.54, 1.807) is 25.1 Å². The average Bonchev–Trinajstić information content (AvgIpc) is 2.30. The molecule has 0 fully saturated rings. The van der Waals surface area contributed by atoms with E-state index in [1.165, 1.54) is 6.21 Å². The number of halogens is 2. The molecule has 0 aliphatic carbocycles. The van der Waals surface area contributed by atoms with Crippen molar-refractivity contribution in [2.24, 2.45) is 4.99 Å². The summed E-state index contributed by atoms with van der Waals surface area (Å²) >= 11 is 11.8. The van der Waals surface area contributed by atoms with Gasteiger partial charge in [-0.05, 0) is 19.1 Å². The Balaban J connectivity index is 2.44. The summed E-state index contributed by atoms with van der Waals surface area (Å²) in [6.07, 6.45) is 1.44. The first-order chi connectivity index (χ1) is 8.97. The maximum atomic E-state index is 11.6. The second kappa shape index (κ2) is 5.42. The molecule has 0 aliphatic rings. The molecule has 0 saturated heterocycles. The Morgan fingerprint density at radius 2 is 1.95 bits per heavy atom. The van der Waals surface area contributed by atoms with Crippen LogP contribution in [0.5, 0.6) is 0 Å². The maximum Gasteiger partial charge on any atom is 0.326 e. The van der Waals surface area contributed by atoms with Crippen molar-refractivity contribution in [3.05, 3.63) is 60.3 Å². The van der Waals surface area contributed by atoms with Crippen LogP contribution in [0.1, 0.15) is 11.3 Å². The maximum absolute atomic E-state index is 11.6. The lowest BCUT2D eigenvalue weighted by molar-refractivity contribution is 0.992. The molecular formula is C12H9Cl2N3O2. The van der Waals surface area contributed by atoms with Gasteiger partial charge in [-0.15, -0.1) is 0 Å². The third-order valence-electron chi connectivity index (χ3n) is 2.39. The van der Waals surface area contributed by atoms with Crippen molar-refractivity contribution in [1.82, 2.24) is 9.97 Å². The molecule has 5 nitrogen and oxygen atoms in total. The summed E-state index contributed by atoms with van der Waals surface area (Å²) in [7, 11) is 0. The molecule has 2 aromatic rings. The standard InChI is InChI=1S/C12H9Cl2N3O2/c1-6-10(11(18)17-12(19)16-6)15-5-7-2-3-8(13)4-9(7)14/h2-5H,1H3,(H2,16,17,18,19). The lowest BCUT2D eigenvalue weighted by Crippen LogP contribution is -2.22. The highest BCUT2D eigenvalue weighted by molar-refractivity contribution is 6.36. The van der Waals surface area contributed by atoms with E-state index in [-0.39, 0.29) is 5.69 Å². The van der Waals surface area contributed by atoms with Crippen LogP contribution in [0.25, 0.3) is 0 Å². The van der Waals surface area contributed by atoms with E-state index >= 15 is 0 Å². The Hall–Kier alpha value is -1.85. The topological polar surface area (TPSA) is 78.1 Å². The Bertz CT molecular complexity index is 762. The molecule has 0 unspecified atom stereocenters. The van der Waals surface area contributed by atoms with E-state index in [4.69, 9.17) is 23.2 Å². The highest BCUT2D eigenvalue weighted by Gasteiger charge is 2.04. The number of nitrogens with one attached hydrogen (secondary N) is 2. The van der Waals surface area contributed by atoms with Gasteiger partial charge in [0.25, 0.3) is 5.56 Å². The van der Waals surface area contributed by atoms with Crippen LogP contribution in [0.4, 0.5) is 5.69 Å². The fourth-order valence-electron chi connectivity index (χ4n) is 1.49. The quantitative estimate of drug-likeness (QED) is 0.835. The predicted molar refractivity (Wildman–Crippen MR) is 76.1 cm³/mol. The third-order valence-corrected chi connectivity index (χ3v) is 2.96. The molecule has 0 bridgehead atoms. The molecule has 0 atom stereocenters. The van der Waals surface area contributed by atoms with Gasteiger partial charge in [-0.1, -0.05) is 29.3 Å². The molecule has 1 aromatic heterocycles. The monoisotopic (exact) mass is 297 g/mol. The number of hydrogen-bond acceptors (Lipinski definition) is 3. The van der Waals surface area contributed by atoms with Crippen LogP contribution in [0.2, 0.25) is 10.0 Å². The Labute approximate surface area is 117 Å². The van der Waals surface area contributed by atoms with Gasteiger partial charge in [0.1, 0.15) is 5.69 Å². The molecule has 0 aliphatic heterocycles. The van der Waals surface area contributed by atoms with Crippen LogP contribution in [0.15, 0.2) is 32.8 Å². The molecule has 0 spiro atoms. The zero-order valence-electron chi connectivity index (χ0n) is 9.83. The van der Waals surface area contributed by atoms with E-state index in [2.05, 4.69) is 15.0 Å². The first-order valence-corrected chi connectivity index (χ1v) is 6.05. The number of H-pyrrole nitrogens is 2. The van der Waals surface area contributed by atoms with Gasteiger partial charge in [0.05, 0.1) is 5.02 Å². The summed E-state index contributed by atoms with van der Waals surface area (Å²) in [4.78, 5) is 31.2. The normalized spacial score (nSPS) is 11.1. The van der Waals surface area contributed by atoms with Crippen molar-refractivity contribution in [2.75, 3.05) is 0 Å². The number of hydrogen-bond donors (Lipinski definition) is 2. The number of rotatable bonds is 2. The average molecular weight is 298 g/mol. The van der Waals surface area contributed by atoms with Crippen LogP contribution in [-0.4, -0.2) is 16.2 Å². The van der Waals surface area contributed by atoms with Crippen molar-refractivity contribution in [3.8, 4) is 0 Å². The Morgan fingerprint density at radius 3 is 2.58 bits per heavy atom. The van der Waals surface area contributed by atoms with Gasteiger partial charge in [0, 0.05) is 22.5 Å². The van der Waals surface area contributed by atoms with Gasteiger partial charge in [-0.3, -0.25) is 9.78 Å². The minimum atomic E-state index is -0.564. The first kappa shape index (κ1) is 13.6. The lowest BCUT2D eigenvalue weighted by Gasteiger charge is -2.00. The molecule has 0 radical (unpaired) electrons. The molecule has 98 valence electrons. The van der Waals surface area contributed by atoms with Gasteiger partial charge in [-0.25, -0.2) is 9.79 Å². The van der Waals surface area contributed by atoms with Crippen LogP contribution in [0.3, 0.4) is 0 Å². The Kier molecular flexibility index (Phi) is 3.87. The molecule has 2 N–H and O–H groups in total. The molecule has 0 amide bonds. The van der Waals surface area contributed by atoms with Crippen LogP contribution < -0.4 is 11.2 Å². The van der Waals surface area contributed by atoms with E-state index in [0.29, 0.717) is 21.3 Å². The second-order valence-corrected chi connectivity index (χ2v) is 4.65. The summed E-state index contributed by atoms with van der Waals surface area (Å²) in [5.74, 6) is 0. The fraction of sp³-hybridized carbons (Fsp3) is 0.0833. The fourth-order valence-corrected chi connectivity index (χ4v) is 1.95. The summed E-state index contributed by atoms with van der Waals surface area (Å²) in [5, 5.41) is 0.940. The summed E-state index contributed by atoms with van der Waals surface area (Å²) in [6.45, 7) is 1.59. The number of benzene rings is 1. The van der Waals surface area contributed by atoms with Crippen molar-refractivity contribution in [3.63, 3.8) is 0 Å². The number of aromatic nitrogens is 2. The molecular weight excluding hydrogens is 289 g/mol. The molecule has 19 heavy (non-hydrogen) atoms. The summed E-state index contributed by atoms with van der Waals surface area (Å²) < 4.78 is 0. The highest BCUT2D eigenvalue weighted by Crippen LogP contribution is 2.20. The van der Waals surface area contributed by atoms with Gasteiger partial charge in [0.2, 0.25) is 0 Å². The molecule has 7 heteroatoms. The predicted octanol–water partition coefficient (Wildman–Crippen LogP) is 2.43. The minimum Gasteiger partial charge on any atom is -0.309 e. The van der Waals surface area contributed by atoms with Crippen LogP contribution in [0, 0.1) is 6.92 Å². The second-order valence-electron chi connectivity index (χ2n) is 3.81. The molecule has 0 saturated carbocycles. The third kappa shape index (κ3) is 3.13. The first-order valence-electron chi connectivity index (χ1n) is 5.29. The van der Waals surface area contributed by atoms with Crippen molar-refractivity contribution in [1.29, 1.82) is 0 Å². The van der Waals surface area contributed by atoms with E-state index in [1.807, 2.05) is 0 Å². The molecule has 1 aromatic carbocycles. The van der Waals surface area contributed by atoms with Gasteiger partial charge < -0.3 is 4.98 Å². The minimum absolute atomic E-state index is 0.130. The zero-order chi connectivity index (χ0) is 14.0. The lowest BCUT2D eigenvalue weighted by atomic mass is 10.2. The van der Waals surface area contributed by atoms with Gasteiger partial charge in [-0.2, -0.15) is 0 Å². The SMILES string of the molecule is Cc1[nH]c(=O)[nH]c(=O)c1N=Cc1ccc(Cl)cc1Cl. The van der Waals surface area contributed by atoms with Crippen molar-refractivity contribution in [2.45, 2.75) is 6.92 Å². The van der Waals surface area contributed by atoms with Crippen molar-refractivity contribution >= 4 is 35.1 Å². The van der Waals surface area contributed by atoms with Gasteiger partial charge >= 0.3 is 5.69 Å². The van der Waals surface area contributed by atoms with E-state index in [0.717, 1.165) is 0 Å². The number of nitrogens with zero attached hydrogens (tertiary/aromatic N) is 1. The molecule has 1 heterocycles. The number of aliphatic imine (C=N–C) groups is 1. The van der Waals surface area contributed by atoms with E-state index < -0.39 is 11.2 Å². The molecule has 2 rings (SSSR count). The summed E-state index contributed by atoms with van der Waals surface area (Å²) in [5.41, 5.74) is 0.0188. The van der Waals surface area contributed by atoms with Crippen molar-refractivity contribution < 1.29 is 0 Å². The smallest absolute Gasteiger partial charge is 0.309 e. The highest BCUT2D eigenvalue weighted by atomic mass is 35.5.